The van der Waals surface area contributed by atoms with Gasteiger partial charge in [0.2, 0.25) is 11.8 Å². The molecule has 21 heavy (non-hydrogen) atoms. The van der Waals surface area contributed by atoms with Gasteiger partial charge in [-0.3, -0.25) is 9.59 Å². The smallest absolute Gasteiger partial charge is 0.249 e. The number of hydrogen-bond donors (Lipinski definition) is 1. The Bertz CT molecular complexity index is 539. The van der Waals surface area contributed by atoms with E-state index in [0.29, 0.717) is 5.56 Å². The maximum Gasteiger partial charge on any atom is 0.249 e. The fourth-order valence-electron chi connectivity index (χ4n) is 2.61. The average Bonchev–Trinajstić information content (AvgIpc) is 2.59. The maximum atomic E-state index is 14.1. The van der Waals surface area contributed by atoms with Crippen LogP contribution in [0.4, 0.5) is 10.1 Å². The summed E-state index contributed by atoms with van der Waals surface area (Å²) in [6, 6.07) is 4.13. The maximum absolute atomic E-state index is 14.1. The number of nitrogens with zero attached hydrogens (tertiary/aromatic N) is 1. The number of para-hydroxylation sites is 1. The molecule has 4 nitrogen and oxygen atoms in total. The summed E-state index contributed by atoms with van der Waals surface area (Å²) in [7, 11) is 0. The highest BCUT2D eigenvalue weighted by atomic mass is 19.1. The highest BCUT2D eigenvalue weighted by molar-refractivity contribution is 6.02. The van der Waals surface area contributed by atoms with Gasteiger partial charge in [-0.2, -0.15) is 0 Å². The van der Waals surface area contributed by atoms with Gasteiger partial charge in [-0.15, -0.1) is 0 Å². The van der Waals surface area contributed by atoms with Crippen molar-refractivity contribution in [1.29, 1.82) is 0 Å². The highest BCUT2D eigenvalue weighted by Gasteiger charge is 2.35. The van der Waals surface area contributed by atoms with Gasteiger partial charge in [0.05, 0.1) is 5.69 Å². The standard InChI is InChI=1S/C16H21FN2O2/c1-4-10(2)14-16(21)19(9-8-13(20)18-14)15-11(3)6-5-7-12(15)17/h5-7,10,14H,4,8-9H2,1-3H3,(H,18,20). The molecule has 1 aliphatic heterocycles. The average molecular weight is 292 g/mol. The van der Waals surface area contributed by atoms with E-state index in [1.165, 1.54) is 11.0 Å². The van der Waals surface area contributed by atoms with Gasteiger partial charge in [0, 0.05) is 13.0 Å². The number of amides is 2. The van der Waals surface area contributed by atoms with Crippen LogP contribution in [-0.2, 0) is 9.59 Å². The molecule has 114 valence electrons. The quantitative estimate of drug-likeness (QED) is 0.930. The van der Waals surface area contributed by atoms with Crippen LogP contribution in [0.2, 0.25) is 0 Å². The van der Waals surface area contributed by atoms with Crippen LogP contribution >= 0.6 is 0 Å². The topological polar surface area (TPSA) is 49.4 Å². The Hall–Kier alpha value is -1.91. The highest BCUT2D eigenvalue weighted by Crippen LogP contribution is 2.27. The Morgan fingerprint density at radius 3 is 2.76 bits per heavy atom. The largest absolute Gasteiger partial charge is 0.344 e. The lowest BCUT2D eigenvalue weighted by Gasteiger charge is -2.28. The van der Waals surface area contributed by atoms with Crippen LogP contribution in [0.15, 0.2) is 18.2 Å². The lowest BCUT2D eigenvalue weighted by molar-refractivity contribution is -0.126. The number of hydrogen-bond acceptors (Lipinski definition) is 2. The number of halogens is 1. The number of aryl methyl sites for hydroxylation is 1. The molecule has 0 aliphatic carbocycles. The molecule has 0 aromatic heterocycles. The van der Waals surface area contributed by atoms with Crippen molar-refractivity contribution < 1.29 is 14.0 Å². The van der Waals surface area contributed by atoms with Crippen LogP contribution in [0, 0.1) is 18.7 Å². The van der Waals surface area contributed by atoms with E-state index in [-0.39, 0.29) is 36.4 Å². The summed E-state index contributed by atoms with van der Waals surface area (Å²) >= 11 is 0. The van der Waals surface area contributed by atoms with Crippen molar-refractivity contribution in [3.05, 3.63) is 29.6 Å². The monoisotopic (exact) mass is 292 g/mol. The van der Waals surface area contributed by atoms with Crippen LogP contribution in [0.3, 0.4) is 0 Å². The van der Waals surface area contributed by atoms with E-state index in [0.717, 1.165) is 6.42 Å². The van der Waals surface area contributed by atoms with Gasteiger partial charge in [0.1, 0.15) is 11.9 Å². The molecule has 1 N–H and O–H groups in total. The molecule has 0 saturated carbocycles. The van der Waals surface area contributed by atoms with E-state index >= 15 is 0 Å². The predicted molar refractivity (Wildman–Crippen MR) is 79.5 cm³/mol. The van der Waals surface area contributed by atoms with Crippen molar-refractivity contribution in [1.82, 2.24) is 5.32 Å². The summed E-state index contributed by atoms with van der Waals surface area (Å²) in [5, 5.41) is 2.77. The van der Waals surface area contributed by atoms with Crippen molar-refractivity contribution in [3.63, 3.8) is 0 Å². The Morgan fingerprint density at radius 2 is 2.14 bits per heavy atom. The zero-order chi connectivity index (χ0) is 15.6. The number of rotatable bonds is 3. The molecule has 1 aromatic carbocycles. The summed E-state index contributed by atoms with van der Waals surface area (Å²) in [5.74, 6) is -0.816. The molecular formula is C16H21FN2O2. The SMILES string of the molecule is CCC(C)C1NC(=O)CCN(c2c(C)cccc2F)C1=O. The first-order valence-electron chi connectivity index (χ1n) is 7.31. The molecule has 2 amide bonds. The van der Waals surface area contributed by atoms with Crippen molar-refractivity contribution in [2.75, 3.05) is 11.4 Å². The molecule has 2 atom stereocenters. The van der Waals surface area contributed by atoms with Gasteiger partial charge in [-0.1, -0.05) is 32.4 Å². The van der Waals surface area contributed by atoms with Crippen molar-refractivity contribution in [2.24, 2.45) is 5.92 Å². The number of benzene rings is 1. The molecule has 2 rings (SSSR count). The van der Waals surface area contributed by atoms with Crippen LogP contribution in [0.1, 0.15) is 32.3 Å². The van der Waals surface area contributed by atoms with E-state index in [9.17, 15) is 14.0 Å². The summed E-state index contributed by atoms with van der Waals surface area (Å²) in [5.41, 5.74) is 0.980. The number of carbonyl (C=O) groups is 2. The van der Waals surface area contributed by atoms with Crippen LogP contribution in [0.5, 0.6) is 0 Å². The Morgan fingerprint density at radius 1 is 1.43 bits per heavy atom. The van der Waals surface area contributed by atoms with Gasteiger partial charge in [-0.05, 0) is 24.5 Å². The molecule has 1 aromatic rings. The van der Waals surface area contributed by atoms with Crippen LogP contribution in [0.25, 0.3) is 0 Å². The summed E-state index contributed by atoms with van der Waals surface area (Å²) in [6.45, 7) is 5.86. The molecule has 1 aliphatic rings. The summed E-state index contributed by atoms with van der Waals surface area (Å²) in [6.07, 6.45) is 0.952. The van der Waals surface area contributed by atoms with Crippen LogP contribution < -0.4 is 10.2 Å². The minimum Gasteiger partial charge on any atom is -0.344 e. The summed E-state index contributed by atoms with van der Waals surface area (Å²) < 4.78 is 14.1. The zero-order valence-electron chi connectivity index (χ0n) is 12.6. The predicted octanol–water partition coefficient (Wildman–Crippen LogP) is 2.40. The molecule has 2 unspecified atom stereocenters. The van der Waals surface area contributed by atoms with E-state index in [4.69, 9.17) is 0 Å². The molecule has 5 heteroatoms. The minimum atomic E-state index is -0.594. The first-order valence-corrected chi connectivity index (χ1v) is 7.31. The number of carbonyl (C=O) groups excluding carboxylic acids is 2. The first kappa shape index (κ1) is 15.5. The molecule has 1 saturated heterocycles. The first-order chi connectivity index (χ1) is 9.95. The Kier molecular flexibility index (Phi) is 4.60. The van der Waals surface area contributed by atoms with E-state index in [1.54, 1.807) is 19.1 Å². The molecule has 1 heterocycles. The second kappa shape index (κ2) is 6.24. The summed E-state index contributed by atoms with van der Waals surface area (Å²) in [4.78, 5) is 26.0. The van der Waals surface area contributed by atoms with Crippen molar-refractivity contribution >= 4 is 17.5 Å². The van der Waals surface area contributed by atoms with Crippen molar-refractivity contribution in [2.45, 2.75) is 39.7 Å². The normalized spacial score (nSPS) is 21.0. The third-order valence-electron chi connectivity index (χ3n) is 4.08. The Balaban J connectivity index is 2.42. The van der Waals surface area contributed by atoms with E-state index in [1.807, 2.05) is 13.8 Å². The van der Waals surface area contributed by atoms with Gasteiger partial charge < -0.3 is 10.2 Å². The van der Waals surface area contributed by atoms with Crippen LogP contribution in [-0.4, -0.2) is 24.4 Å². The fourth-order valence-corrected chi connectivity index (χ4v) is 2.61. The minimum absolute atomic E-state index is 0.00845. The second-order valence-corrected chi connectivity index (χ2v) is 5.58. The molecular weight excluding hydrogens is 271 g/mol. The third-order valence-corrected chi connectivity index (χ3v) is 4.08. The number of nitrogens with one attached hydrogen (secondary N) is 1. The van der Waals surface area contributed by atoms with E-state index < -0.39 is 11.9 Å². The second-order valence-electron chi connectivity index (χ2n) is 5.58. The van der Waals surface area contributed by atoms with Gasteiger partial charge in [-0.25, -0.2) is 4.39 Å². The Labute approximate surface area is 124 Å². The van der Waals surface area contributed by atoms with E-state index in [2.05, 4.69) is 5.32 Å². The fraction of sp³-hybridized carbons (Fsp3) is 0.500. The van der Waals surface area contributed by atoms with Gasteiger partial charge in [0.25, 0.3) is 0 Å². The van der Waals surface area contributed by atoms with Gasteiger partial charge >= 0.3 is 0 Å². The van der Waals surface area contributed by atoms with Gasteiger partial charge in [0.15, 0.2) is 0 Å². The molecule has 1 fully saturated rings. The molecule has 0 spiro atoms. The number of anilines is 1. The lowest BCUT2D eigenvalue weighted by atomic mass is 9.97. The molecule has 0 bridgehead atoms. The third kappa shape index (κ3) is 3.06. The molecule has 0 radical (unpaired) electrons. The van der Waals surface area contributed by atoms with Crippen molar-refractivity contribution in [3.8, 4) is 0 Å². The zero-order valence-corrected chi connectivity index (χ0v) is 12.6. The lowest BCUT2D eigenvalue weighted by Crippen LogP contribution is -2.48.